The number of nitrogens with one attached hydrogen (secondary N) is 1. The van der Waals surface area contributed by atoms with Crippen molar-refractivity contribution in [1.82, 2.24) is 4.98 Å². The second-order valence-corrected chi connectivity index (χ2v) is 6.58. The first-order valence-corrected chi connectivity index (χ1v) is 8.03. The van der Waals surface area contributed by atoms with E-state index in [1.54, 1.807) is 6.07 Å². The van der Waals surface area contributed by atoms with Crippen LogP contribution in [0.5, 0.6) is 0 Å². The van der Waals surface area contributed by atoms with Gasteiger partial charge in [-0.3, -0.25) is 4.72 Å². The fourth-order valence-corrected chi connectivity index (χ4v) is 2.94. The summed E-state index contributed by atoms with van der Waals surface area (Å²) < 4.78 is 32.1. The fraction of sp³-hybridized carbons (Fsp3) is 0.0769. The number of anilines is 1. The van der Waals surface area contributed by atoms with Crippen molar-refractivity contribution in [2.75, 3.05) is 11.8 Å². The highest BCUT2D eigenvalue weighted by atomic mass is 79.9. The van der Waals surface area contributed by atoms with E-state index in [4.69, 9.17) is 0 Å². The van der Waals surface area contributed by atoms with Crippen LogP contribution in [0.15, 0.2) is 52.0 Å². The molecule has 0 bridgehead atoms. The Kier molecular flexibility index (Phi) is 4.59. The predicted molar refractivity (Wildman–Crippen MR) is 80.5 cm³/mol. The Bertz CT molecular complexity index is 777. The fourth-order valence-electron chi connectivity index (χ4n) is 1.57. The molecule has 0 fully saturated rings. The van der Waals surface area contributed by atoms with Crippen molar-refractivity contribution in [2.24, 2.45) is 0 Å². The number of aromatic nitrogens is 1. The molecule has 1 aromatic carbocycles. The third kappa shape index (κ3) is 3.79. The Morgan fingerprint density at radius 2 is 2.05 bits per heavy atom. The Morgan fingerprint density at radius 1 is 1.29 bits per heavy atom. The van der Waals surface area contributed by atoms with Gasteiger partial charge in [0.05, 0.1) is 17.6 Å². The molecule has 2 rings (SSSR count). The van der Waals surface area contributed by atoms with Crippen molar-refractivity contribution in [3.8, 4) is 0 Å². The van der Waals surface area contributed by atoms with Crippen molar-refractivity contribution in [2.45, 2.75) is 4.90 Å². The molecule has 0 radical (unpaired) electrons. The lowest BCUT2D eigenvalue weighted by Crippen LogP contribution is -2.14. The summed E-state index contributed by atoms with van der Waals surface area (Å²) in [6.45, 7) is 0. The van der Waals surface area contributed by atoms with Gasteiger partial charge >= 0.3 is 5.97 Å². The third-order valence-corrected chi connectivity index (χ3v) is 4.37. The molecule has 2 aromatic rings. The minimum atomic E-state index is -3.84. The molecule has 0 aliphatic heterocycles. The van der Waals surface area contributed by atoms with Gasteiger partial charge in [-0.15, -0.1) is 0 Å². The maximum Gasteiger partial charge on any atom is 0.337 e. The number of pyridine rings is 1. The van der Waals surface area contributed by atoms with Crippen LogP contribution in [0.3, 0.4) is 0 Å². The second kappa shape index (κ2) is 6.23. The summed E-state index contributed by atoms with van der Waals surface area (Å²) in [5.41, 5.74) is 0.155. The lowest BCUT2D eigenvalue weighted by molar-refractivity contribution is 0.0600. The highest BCUT2D eigenvalue weighted by Crippen LogP contribution is 2.18. The van der Waals surface area contributed by atoms with Crippen LogP contribution in [-0.2, 0) is 14.8 Å². The summed E-state index contributed by atoms with van der Waals surface area (Å²) in [6, 6.07) is 8.77. The lowest BCUT2D eigenvalue weighted by Gasteiger charge is -2.08. The third-order valence-electron chi connectivity index (χ3n) is 2.53. The maximum absolute atomic E-state index is 12.3. The zero-order valence-corrected chi connectivity index (χ0v) is 13.3. The molecule has 1 heterocycles. The van der Waals surface area contributed by atoms with Gasteiger partial charge in [0.1, 0.15) is 5.82 Å². The monoisotopic (exact) mass is 370 g/mol. The smallest absolute Gasteiger partial charge is 0.337 e. The average molecular weight is 371 g/mol. The number of esters is 1. The molecule has 0 spiro atoms. The summed E-state index contributed by atoms with van der Waals surface area (Å²) in [4.78, 5) is 15.3. The first-order chi connectivity index (χ1) is 9.92. The van der Waals surface area contributed by atoms with Gasteiger partial charge in [0, 0.05) is 10.7 Å². The predicted octanol–water partition coefficient (Wildman–Crippen LogP) is 2.43. The van der Waals surface area contributed by atoms with E-state index in [0.29, 0.717) is 4.47 Å². The highest BCUT2D eigenvalue weighted by molar-refractivity contribution is 9.10. The molecule has 110 valence electrons. The molecule has 6 nitrogen and oxygen atoms in total. The first-order valence-electron chi connectivity index (χ1n) is 5.75. The standard InChI is InChI=1S/C13H11BrN2O4S/c1-20-13(17)9-3-2-4-11(7-9)21(18,19)16-12-8-10(14)5-6-15-12/h2-8H,1H3,(H,15,16). The molecular weight excluding hydrogens is 360 g/mol. The lowest BCUT2D eigenvalue weighted by atomic mass is 10.2. The van der Waals surface area contributed by atoms with Gasteiger partial charge in [-0.25, -0.2) is 18.2 Å². The van der Waals surface area contributed by atoms with Crippen LogP contribution < -0.4 is 4.72 Å². The molecule has 0 aliphatic carbocycles. The Balaban J connectivity index is 2.33. The van der Waals surface area contributed by atoms with Crippen LogP contribution in [-0.4, -0.2) is 26.5 Å². The van der Waals surface area contributed by atoms with Crippen LogP contribution in [0.25, 0.3) is 0 Å². The number of ether oxygens (including phenoxy) is 1. The molecule has 1 N–H and O–H groups in total. The molecular formula is C13H11BrN2O4S. The molecule has 0 unspecified atom stereocenters. The van der Waals surface area contributed by atoms with Crippen LogP contribution in [0.4, 0.5) is 5.82 Å². The zero-order chi connectivity index (χ0) is 15.5. The number of carbonyl (C=O) groups excluding carboxylic acids is 1. The van der Waals surface area contributed by atoms with Crippen LogP contribution >= 0.6 is 15.9 Å². The number of benzene rings is 1. The summed E-state index contributed by atoms with van der Waals surface area (Å²) >= 11 is 3.23. The van der Waals surface area contributed by atoms with Crippen LogP contribution in [0, 0.1) is 0 Å². The Morgan fingerprint density at radius 3 is 2.71 bits per heavy atom. The average Bonchev–Trinajstić information content (AvgIpc) is 2.46. The highest BCUT2D eigenvalue weighted by Gasteiger charge is 2.17. The van der Waals surface area contributed by atoms with E-state index in [1.165, 1.54) is 43.6 Å². The van der Waals surface area contributed by atoms with Gasteiger partial charge in [-0.1, -0.05) is 22.0 Å². The second-order valence-electron chi connectivity index (χ2n) is 3.98. The van der Waals surface area contributed by atoms with Crippen LogP contribution in [0.2, 0.25) is 0 Å². The summed E-state index contributed by atoms with van der Waals surface area (Å²) in [6.07, 6.45) is 1.47. The van der Waals surface area contributed by atoms with Gasteiger partial charge in [0.25, 0.3) is 10.0 Å². The van der Waals surface area contributed by atoms with Crippen molar-refractivity contribution in [1.29, 1.82) is 0 Å². The largest absolute Gasteiger partial charge is 0.465 e. The van der Waals surface area contributed by atoms with Gasteiger partial charge in [-0.2, -0.15) is 0 Å². The Labute approximate surface area is 130 Å². The molecule has 21 heavy (non-hydrogen) atoms. The van der Waals surface area contributed by atoms with Crippen LogP contribution in [0.1, 0.15) is 10.4 Å². The van der Waals surface area contributed by atoms with Crippen molar-refractivity contribution in [3.63, 3.8) is 0 Å². The van der Waals surface area contributed by atoms with Crippen molar-refractivity contribution < 1.29 is 17.9 Å². The summed E-state index contributed by atoms with van der Waals surface area (Å²) in [5, 5.41) is 0. The molecule has 8 heteroatoms. The molecule has 0 amide bonds. The van der Waals surface area contributed by atoms with E-state index in [0.717, 1.165) is 0 Å². The number of hydrogen-bond acceptors (Lipinski definition) is 5. The normalized spacial score (nSPS) is 11.0. The number of carbonyl (C=O) groups is 1. The van der Waals surface area contributed by atoms with Gasteiger partial charge in [0.2, 0.25) is 0 Å². The van der Waals surface area contributed by atoms with E-state index in [1.807, 2.05) is 0 Å². The van der Waals surface area contributed by atoms with E-state index < -0.39 is 16.0 Å². The summed E-state index contributed by atoms with van der Waals surface area (Å²) in [7, 11) is -2.61. The van der Waals surface area contributed by atoms with Crippen molar-refractivity contribution >= 4 is 37.7 Å². The number of methoxy groups -OCH3 is 1. The molecule has 1 aromatic heterocycles. The van der Waals surface area contributed by atoms with E-state index >= 15 is 0 Å². The number of halogens is 1. The van der Waals surface area contributed by atoms with E-state index in [2.05, 4.69) is 30.4 Å². The SMILES string of the molecule is COC(=O)c1cccc(S(=O)(=O)Nc2cc(Br)ccn2)c1. The molecule has 0 saturated heterocycles. The van der Waals surface area contributed by atoms with Gasteiger partial charge in [0.15, 0.2) is 0 Å². The van der Waals surface area contributed by atoms with Gasteiger partial charge < -0.3 is 4.74 Å². The van der Waals surface area contributed by atoms with Gasteiger partial charge in [-0.05, 0) is 30.3 Å². The quantitative estimate of drug-likeness (QED) is 0.835. The number of hydrogen-bond donors (Lipinski definition) is 1. The van der Waals surface area contributed by atoms with Crippen molar-refractivity contribution in [3.05, 3.63) is 52.6 Å². The topological polar surface area (TPSA) is 85.4 Å². The number of nitrogens with zero attached hydrogens (tertiary/aromatic N) is 1. The first kappa shape index (κ1) is 15.5. The molecule has 0 saturated carbocycles. The summed E-state index contributed by atoms with van der Waals surface area (Å²) in [5.74, 6) is -0.430. The van der Waals surface area contributed by atoms with E-state index in [-0.39, 0.29) is 16.3 Å². The maximum atomic E-state index is 12.3. The number of rotatable bonds is 4. The molecule has 0 aliphatic rings. The number of sulfonamides is 1. The Hall–Kier alpha value is -1.93. The minimum Gasteiger partial charge on any atom is -0.465 e. The minimum absolute atomic E-state index is 0.0489. The zero-order valence-electron chi connectivity index (χ0n) is 10.9. The van der Waals surface area contributed by atoms with E-state index in [9.17, 15) is 13.2 Å². The molecule has 0 atom stereocenters.